The summed E-state index contributed by atoms with van der Waals surface area (Å²) in [6, 6.07) is 23.5. The van der Waals surface area contributed by atoms with Gasteiger partial charge in [-0.25, -0.2) is 0 Å². The summed E-state index contributed by atoms with van der Waals surface area (Å²) in [5, 5.41) is 1.12. The van der Waals surface area contributed by atoms with Gasteiger partial charge in [-0.15, -0.1) is 0 Å². The van der Waals surface area contributed by atoms with Crippen molar-refractivity contribution in [3.63, 3.8) is 0 Å². The number of nitrogens with one attached hydrogen (secondary N) is 1. The summed E-state index contributed by atoms with van der Waals surface area (Å²) in [4.78, 5) is 34.8. The lowest BCUT2D eigenvalue weighted by Crippen LogP contribution is -2.62. The number of benzene rings is 3. The number of carbonyl (C=O) groups is 2. The SMILES string of the molecule is COc1ccc(CN2CC(=O)N3C(c4ccc(C(C)C)cc4)c4[nH]c5ccccc5c4C[C@H]3C2=O)cc1. The molecule has 6 heteroatoms. The molecule has 3 heterocycles. The Balaban J connectivity index is 1.41. The first kappa shape index (κ1) is 23.3. The number of hydrogen-bond donors (Lipinski definition) is 1. The van der Waals surface area contributed by atoms with Crippen LogP contribution < -0.4 is 4.74 Å². The first-order valence-electron chi connectivity index (χ1n) is 12.9. The average molecular weight is 494 g/mol. The Labute approximate surface area is 216 Å². The number of methoxy groups -OCH3 is 1. The number of amides is 2. The molecule has 4 aromatic rings. The highest BCUT2D eigenvalue weighted by atomic mass is 16.5. The number of carbonyl (C=O) groups excluding carboxylic acids is 2. The van der Waals surface area contributed by atoms with Gasteiger partial charge < -0.3 is 19.5 Å². The van der Waals surface area contributed by atoms with E-state index in [1.165, 1.54) is 5.56 Å². The molecule has 0 spiro atoms. The van der Waals surface area contributed by atoms with Crippen LogP contribution in [0.25, 0.3) is 10.9 Å². The molecule has 6 nitrogen and oxygen atoms in total. The van der Waals surface area contributed by atoms with Crippen LogP contribution in [0.2, 0.25) is 0 Å². The molecule has 188 valence electrons. The van der Waals surface area contributed by atoms with E-state index in [2.05, 4.69) is 55.2 Å². The number of ether oxygens (including phenoxy) is 1. The molecule has 1 saturated heterocycles. The second-order valence-electron chi connectivity index (χ2n) is 10.4. The molecule has 3 aromatic carbocycles. The van der Waals surface area contributed by atoms with Gasteiger partial charge in [-0.2, -0.15) is 0 Å². The average Bonchev–Trinajstić information content (AvgIpc) is 3.29. The summed E-state index contributed by atoms with van der Waals surface area (Å²) in [5.74, 6) is 1.15. The maximum atomic E-state index is 13.9. The van der Waals surface area contributed by atoms with Crippen LogP contribution in [0.3, 0.4) is 0 Å². The molecule has 6 rings (SSSR count). The van der Waals surface area contributed by atoms with E-state index in [1.807, 2.05) is 41.3 Å². The van der Waals surface area contributed by atoms with Crippen molar-refractivity contribution in [2.75, 3.05) is 13.7 Å². The fraction of sp³-hybridized carbons (Fsp3) is 0.290. The molecular weight excluding hydrogens is 462 g/mol. The minimum absolute atomic E-state index is 0.00449. The lowest BCUT2D eigenvalue weighted by molar-refractivity contribution is -0.159. The number of piperazine rings is 1. The van der Waals surface area contributed by atoms with E-state index in [0.717, 1.165) is 39.0 Å². The third kappa shape index (κ3) is 3.97. The van der Waals surface area contributed by atoms with E-state index in [9.17, 15) is 9.59 Å². The van der Waals surface area contributed by atoms with Crippen molar-refractivity contribution in [1.29, 1.82) is 0 Å². The number of para-hydroxylation sites is 1. The molecule has 2 aliphatic heterocycles. The fourth-order valence-corrected chi connectivity index (χ4v) is 5.82. The number of aromatic amines is 1. The predicted octanol–water partition coefficient (Wildman–Crippen LogP) is 5.19. The molecule has 1 fully saturated rings. The first-order valence-corrected chi connectivity index (χ1v) is 12.9. The quantitative estimate of drug-likeness (QED) is 0.416. The molecule has 2 amide bonds. The Morgan fingerprint density at radius 3 is 2.41 bits per heavy atom. The van der Waals surface area contributed by atoms with Gasteiger partial charge in [0, 0.05) is 29.6 Å². The maximum absolute atomic E-state index is 13.9. The molecule has 2 atom stereocenters. The number of hydrogen-bond acceptors (Lipinski definition) is 3. The van der Waals surface area contributed by atoms with Crippen molar-refractivity contribution in [3.05, 3.63) is 101 Å². The van der Waals surface area contributed by atoms with Crippen molar-refractivity contribution in [2.45, 2.75) is 44.8 Å². The van der Waals surface area contributed by atoms with Gasteiger partial charge in [0.2, 0.25) is 11.8 Å². The third-order valence-electron chi connectivity index (χ3n) is 7.79. The number of nitrogens with zero attached hydrogens (tertiary/aromatic N) is 2. The standard InChI is InChI=1S/C31H31N3O3/c1-19(2)21-10-12-22(13-11-21)30-29-25(24-6-4-5-7-26(24)32-29)16-27-31(36)33(18-28(35)34(27)30)17-20-8-14-23(37-3)15-9-20/h4-15,19,27,30,32H,16-18H2,1-3H3/t27-,30?/m0/s1. The van der Waals surface area contributed by atoms with E-state index >= 15 is 0 Å². The summed E-state index contributed by atoms with van der Waals surface area (Å²) in [7, 11) is 1.63. The van der Waals surface area contributed by atoms with E-state index < -0.39 is 6.04 Å². The van der Waals surface area contributed by atoms with Gasteiger partial charge >= 0.3 is 0 Å². The fourth-order valence-electron chi connectivity index (χ4n) is 5.82. The highest BCUT2D eigenvalue weighted by molar-refractivity contribution is 5.97. The molecule has 0 saturated carbocycles. The van der Waals surface area contributed by atoms with Crippen LogP contribution in [0.15, 0.2) is 72.8 Å². The van der Waals surface area contributed by atoms with Gasteiger partial charge in [-0.3, -0.25) is 9.59 Å². The lowest BCUT2D eigenvalue weighted by atomic mass is 9.85. The van der Waals surface area contributed by atoms with Crippen LogP contribution in [-0.2, 0) is 22.6 Å². The van der Waals surface area contributed by atoms with Crippen LogP contribution in [0.4, 0.5) is 0 Å². The summed E-state index contributed by atoms with van der Waals surface area (Å²) < 4.78 is 5.26. The Morgan fingerprint density at radius 2 is 1.70 bits per heavy atom. The topological polar surface area (TPSA) is 65.6 Å². The normalized spacial score (nSPS) is 19.4. The number of rotatable bonds is 5. The van der Waals surface area contributed by atoms with Crippen LogP contribution in [0.1, 0.15) is 53.8 Å². The minimum Gasteiger partial charge on any atom is -0.497 e. The smallest absolute Gasteiger partial charge is 0.246 e. The molecule has 0 radical (unpaired) electrons. The molecule has 1 N–H and O–H groups in total. The van der Waals surface area contributed by atoms with Crippen molar-refractivity contribution in [2.24, 2.45) is 0 Å². The van der Waals surface area contributed by atoms with Crippen LogP contribution in [0, 0.1) is 0 Å². The van der Waals surface area contributed by atoms with E-state index in [1.54, 1.807) is 12.0 Å². The zero-order chi connectivity index (χ0) is 25.7. The molecule has 1 unspecified atom stereocenters. The summed E-state index contributed by atoms with van der Waals surface area (Å²) in [5.41, 5.74) is 6.42. The number of fused-ring (bicyclic) bond motifs is 4. The van der Waals surface area contributed by atoms with Crippen molar-refractivity contribution < 1.29 is 14.3 Å². The molecule has 37 heavy (non-hydrogen) atoms. The Kier molecular flexibility index (Phi) is 5.75. The van der Waals surface area contributed by atoms with E-state index in [4.69, 9.17) is 4.74 Å². The molecule has 2 aliphatic rings. The molecule has 0 bridgehead atoms. The summed E-state index contributed by atoms with van der Waals surface area (Å²) in [6.07, 6.45) is 0.504. The van der Waals surface area contributed by atoms with Gasteiger partial charge in [0.1, 0.15) is 18.3 Å². The van der Waals surface area contributed by atoms with Gasteiger partial charge in [0.15, 0.2) is 0 Å². The highest BCUT2D eigenvalue weighted by Gasteiger charge is 2.48. The minimum atomic E-state index is -0.541. The van der Waals surface area contributed by atoms with Gasteiger partial charge in [0.25, 0.3) is 0 Å². The van der Waals surface area contributed by atoms with Crippen molar-refractivity contribution in [1.82, 2.24) is 14.8 Å². The van der Waals surface area contributed by atoms with Gasteiger partial charge in [-0.1, -0.05) is 68.4 Å². The van der Waals surface area contributed by atoms with Crippen molar-refractivity contribution in [3.8, 4) is 5.75 Å². The maximum Gasteiger partial charge on any atom is 0.246 e. The Hall–Kier alpha value is -4.06. The third-order valence-corrected chi connectivity index (χ3v) is 7.79. The lowest BCUT2D eigenvalue weighted by Gasteiger charge is -2.47. The highest BCUT2D eigenvalue weighted by Crippen LogP contribution is 2.42. The molecule has 0 aliphatic carbocycles. The predicted molar refractivity (Wildman–Crippen MR) is 143 cm³/mol. The van der Waals surface area contributed by atoms with E-state index in [0.29, 0.717) is 18.9 Å². The Bertz CT molecular complexity index is 1470. The monoisotopic (exact) mass is 493 g/mol. The zero-order valence-electron chi connectivity index (χ0n) is 21.4. The van der Waals surface area contributed by atoms with Crippen LogP contribution >= 0.6 is 0 Å². The first-order chi connectivity index (χ1) is 17.9. The van der Waals surface area contributed by atoms with Gasteiger partial charge in [-0.05, 0) is 46.4 Å². The largest absolute Gasteiger partial charge is 0.497 e. The second-order valence-corrected chi connectivity index (χ2v) is 10.4. The van der Waals surface area contributed by atoms with E-state index in [-0.39, 0.29) is 24.4 Å². The van der Waals surface area contributed by atoms with Crippen molar-refractivity contribution >= 4 is 22.7 Å². The Morgan fingerprint density at radius 1 is 0.973 bits per heavy atom. The number of aromatic nitrogens is 1. The zero-order valence-corrected chi connectivity index (χ0v) is 21.4. The summed E-state index contributed by atoms with van der Waals surface area (Å²) >= 11 is 0. The molecule has 1 aromatic heterocycles. The second kappa shape index (κ2) is 9.11. The van der Waals surface area contributed by atoms with Gasteiger partial charge in [0.05, 0.1) is 13.2 Å². The number of H-pyrrole nitrogens is 1. The molecular formula is C31H31N3O3. The van der Waals surface area contributed by atoms with Crippen LogP contribution in [0.5, 0.6) is 5.75 Å². The van der Waals surface area contributed by atoms with Crippen LogP contribution in [-0.4, -0.2) is 46.3 Å². The summed E-state index contributed by atoms with van der Waals surface area (Å²) in [6.45, 7) is 4.81.